The second kappa shape index (κ2) is 5.28. The van der Waals surface area contributed by atoms with Crippen molar-refractivity contribution < 1.29 is 13.5 Å². The van der Waals surface area contributed by atoms with Crippen molar-refractivity contribution in [3.63, 3.8) is 0 Å². The van der Waals surface area contributed by atoms with Gasteiger partial charge in [0.05, 0.1) is 4.90 Å². The second-order valence-electron chi connectivity index (χ2n) is 4.93. The lowest BCUT2D eigenvalue weighted by Crippen LogP contribution is -2.31. The van der Waals surface area contributed by atoms with Crippen molar-refractivity contribution in [3.05, 3.63) is 24.3 Å². The summed E-state index contributed by atoms with van der Waals surface area (Å²) in [6.45, 7) is 0.587. The first-order valence-electron chi connectivity index (χ1n) is 6.25. The highest BCUT2D eigenvalue weighted by atomic mass is 32.2. The number of rotatable bonds is 4. The van der Waals surface area contributed by atoms with Crippen LogP contribution >= 0.6 is 0 Å². The Morgan fingerprint density at radius 3 is 2.33 bits per heavy atom. The van der Waals surface area contributed by atoms with Crippen LogP contribution in [-0.2, 0) is 10.0 Å². The van der Waals surface area contributed by atoms with Gasteiger partial charge in [0.2, 0.25) is 10.0 Å². The monoisotopic (exact) mass is 269 g/mol. The summed E-state index contributed by atoms with van der Waals surface area (Å²) < 4.78 is 26.0. The molecule has 0 aliphatic heterocycles. The van der Waals surface area contributed by atoms with Crippen molar-refractivity contribution in [3.8, 4) is 5.75 Å². The molecule has 0 spiro atoms. The molecule has 1 saturated carbocycles. The summed E-state index contributed by atoms with van der Waals surface area (Å²) in [7, 11) is -1.80. The van der Waals surface area contributed by atoms with E-state index in [0.717, 1.165) is 12.8 Å². The zero-order chi connectivity index (χ0) is 13.2. The van der Waals surface area contributed by atoms with Crippen molar-refractivity contribution in [2.75, 3.05) is 13.6 Å². The molecule has 1 N–H and O–H groups in total. The predicted octanol–water partition coefficient (Wildman–Crippen LogP) is 2.20. The Kier molecular flexibility index (Phi) is 3.92. The van der Waals surface area contributed by atoms with E-state index in [0.29, 0.717) is 12.5 Å². The van der Waals surface area contributed by atoms with Gasteiger partial charge in [0.1, 0.15) is 5.75 Å². The predicted molar refractivity (Wildman–Crippen MR) is 69.9 cm³/mol. The number of hydrogen-bond acceptors (Lipinski definition) is 3. The Morgan fingerprint density at radius 2 is 1.78 bits per heavy atom. The van der Waals surface area contributed by atoms with Gasteiger partial charge in [0, 0.05) is 13.6 Å². The lowest BCUT2D eigenvalue weighted by Gasteiger charge is -2.20. The molecular weight excluding hydrogens is 250 g/mol. The summed E-state index contributed by atoms with van der Waals surface area (Å²) in [6.07, 6.45) is 4.65. The molecule has 0 aromatic heterocycles. The van der Waals surface area contributed by atoms with Gasteiger partial charge in [-0.3, -0.25) is 0 Å². The summed E-state index contributed by atoms with van der Waals surface area (Å²) in [5.41, 5.74) is 0. The molecular formula is C13H19NO3S. The Labute approximate surface area is 108 Å². The molecule has 100 valence electrons. The first kappa shape index (κ1) is 13.4. The average molecular weight is 269 g/mol. The van der Waals surface area contributed by atoms with E-state index in [4.69, 9.17) is 0 Å². The molecule has 0 radical (unpaired) electrons. The Morgan fingerprint density at radius 1 is 1.22 bits per heavy atom. The van der Waals surface area contributed by atoms with E-state index in [1.165, 1.54) is 41.4 Å². The summed E-state index contributed by atoms with van der Waals surface area (Å²) >= 11 is 0. The number of phenols is 1. The number of aromatic hydroxyl groups is 1. The molecule has 2 rings (SSSR count). The van der Waals surface area contributed by atoms with Gasteiger partial charge in [0.25, 0.3) is 0 Å². The molecule has 0 atom stereocenters. The van der Waals surface area contributed by atoms with Gasteiger partial charge in [-0.15, -0.1) is 0 Å². The van der Waals surface area contributed by atoms with Gasteiger partial charge >= 0.3 is 0 Å². The number of nitrogens with zero attached hydrogens (tertiary/aromatic N) is 1. The topological polar surface area (TPSA) is 57.6 Å². The van der Waals surface area contributed by atoms with Crippen molar-refractivity contribution in [1.82, 2.24) is 4.31 Å². The van der Waals surface area contributed by atoms with Crippen LogP contribution in [0.2, 0.25) is 0 Å². The third kappa shape index (κ3) is 2.84. The largest absolute Gasteiger partial charge is 0.508 e. The first-order valence-corrected chi connectivity index (χ1v) is 7.69. The van der Waals surface area contributed by atoms with E-state index in [9.17, 15) is 13.5 Å². The zero-order valence-electron chi connectivity index (χ0n) is 10.5. The summed E-state index contributed by atoms with van der Waals surface area (Å²) in [4.78, 5) is 0.237. The van der Waals surface area contributed by atoms with Crippen LogP contribution in [0.5, 0.6) is 5.75 Å². The van der Waals surface area contributed by atoms with Crippen LogP contribution in [0.15, 0.2) is 29.2 Å². The maximum atomic E-state index is 12.3. The molecule has 1 aliphatic carbocycles. The van der Waals surface area contributed by atoms with E-state index in [2.05, 4.69) is 0 Å². The Balaban J connectivity index is 2.11. The van der Waals surface area contributed by atoms with Crippen LogP contribution in [0.3, 0.4) is 0 Å². The molecule has 5 heteroatoms. The van der Waals surface area contributed by atoms with Gasteiger partial charge in [0.15, 0.2) is 0 Å². The molecule has 0 amide bonds. The molecule has 0 bridgehead atoms. The molecule has 0 unspecified atom stereocenters. The standard InChI is InChI=1S/C13H19NO3S/c1-14(10-11-4-2-3-5-11)18(16,17)13-8-6-12(15)7-9-13/h6-9,11,15H,2-5,10H2,1H3. The van der Waals surface area contributed by atoms with Gasteiger partial charge < -0.3 is 5.11 Å². The van der Waals surface area contributed by atoms with Crippen molar-refractivity contribution in [1.29, 1.82) is 0 Å². The van der Waals surface area contributed by atoms with Crippen LogP contribution < -0.4 is 0 Å². The SMILES string of the molecule is CN(CC1CCCC1)S(=O)(=O)c1ccc(O)cc1. The maximum Gasteiger partial charge on any atom is 0.242 e. The average Bonchev–Trinajstić information content (AvgIpc) is 2.82. The van der Waals surface area contributed by atoms with Gasteiger partial charge in [-0.1, -0.05) is 12.8 Å². The minimum absolute atomic E-state index is 0.0763. The highest BCUT2D eigenvalue weighted by molar-refractivity contribution is 7.89. The van der Waals surface area contributed by atoms with Gasteiger partial charge in [-0.2, -0.15) is 0 Å². The number of hydrogen-bond donors (Lipinski definition) is 1. The van der Waals surface area contributed by atoms with Crippen LogP contribution in [-0.4, -0.2) is 31.4 Å². The lowest BCUT2D eigenvalue weighted by atomic mass is 10.1. The van der Waals surface area contributed by atoms with E-state index >= 15 is 0 Å². The highest BCUT2D eigenvalue weighted by Crippen LogP contribution is 2.27. The van der Waals surface area contributed by atoms with Crippen LogP contribution in [0.4, 0.5) is 0 Å². The van der Waals surface area contributed by atoms with E-state index in [1.54, 1.807) is 7.05 Å². The summed E-state index contributed by atoms with van der Waals surface area (Å²) in [5, 5.41) is 9.18. The highest BCUT2D eigenvalue weighted by Gasteiger charge is 2.25. The Hall–Kier alpha value is -1.07. The molecule has 1 aliphatic rings. The van der Waals surface area contributed by atoms with Crippen molar-refractivity contribution in [2.45, 2.75) is 30.6 Å². The molecule has 0 saturated heterocycles. The van der Waals surface area contributed by atoms with Crippen molar-refractivity contribution >= 4 is 10.0 Å². The molecule has 18 heavy (non-hydrogen) atoms. The van der Waals surface area contributed by atoms with Crippen LogP contribution in [0.25, 0.3) is 0 Å². The third-order valence-corrected chi connectivity index (χ3v) is 5.37. The summed E-state index contributed by atoms with van der Waals surface area (Å²) in [5.74, 6) is 0.564. The van der Waals surface area contributed by atoms with Gasteiger partial charge in [-0.05, 0) is 43.0 Å². The minimum Gasteiger partial charge on any atom is -0.508 e. The normalized spacial score (nSPS) is 17.4. The Bertz CT molecular complexity index is 489. The number of benzene rings is 1. The number of sulfonamides is 1. The molecule has 0 heterocycles. The molecule has 4 nitrogen and oxygen atoms in total. The lowest BCUT2D eigenvalue weighted by molar-refractivity contribution is 0.387. The molecule has 1 fully saturated rings. The molecule has 1 aromatic rings. The maximum absolute atomic E-state index is 12.3. The minimum atomic E-state index is -3.42. The quantitative estimate of drug-likeness (QED) is 0.911. The number of phenolic OH excluding ortho intramolecular Hbond substituents is 1. The molecule has 1 aromatic carbocycles. The second-order valence-corrected chi connectivity index (χ2v) is 6.97. The van der Waals surface area contributed by atoms with E-state index in [1.807, 2.05) is 0 Å². The van der Waals surface area contributed by atoms with Gasteiger partial charge in [-0.25, -0.2) is 12.7 Å². The fraction of sp³-hybridized carbons (Fsp3) is 0.538. The first-order chi connectivity index (χ1) is 8.50. The summed E-state index contributed by atoms with van der Waals surface area (Å²) in [6, 6.07) is 5.68. The third-order valence-electron chi connectivity index (χ3n) is 3.53. The smallest absolute Gasteiger partial charge is 0.242 e. The fourth-order valence-electron chi connectivity index (χ4n) is 2.45. The zero-order valence-corrected chi connectivity index (χ0v) is 11.4. The van der Waals surface area contributed by atoms with Crippen molar-refractivity contribution in [2.24, 2.45) is 5.92 Å². The van der Waals surface area contributed by atoms with Crippen LogP contribution in [0, 0.1) is 5.92 Å². The van der Waals surface area contributed by atoms with E-state index < -0.39 is 10.0 Å². The van der Waals surface area contributed by atoms with E-state index in [-0.39, 0.29) is 10.6 Å². The fourth-order valence-corrected chi connectivity index (χ4v) is 3.70. The van der Waals surface area contributed by atoms with Crippen LogP contribution in [0.1, 0.15) is 25.7 Å².